The van der Waals surface area contributed by atoms with Gasteiger partial charge in [-0.3, -0.25) is 0 Å². The normalized spacial score (nSPS) is 16.1. The van der Waals surface area contributed by atoms with Crippen molar-refractivity contribution >= 4 is 11.6 Å². The molecule has 0 aromatic heterocycles. The van der Waals surface area contributed by atoms with E-state index in [9.17, 15) is 0 Å². The van der Waals surface area contributed by atoms with E-state index in [1.165, 1.54) is 0 Å². The molecule has 1 aliphatic heterocycles. The Hall–Kier alpha value is -0.480. The molecule has 1 aromatic rings. The van der Waals surface area contributed by atoms with Crippen molar-refractivity contribution in [2.45, 2.75) is 6.42 Å². The Morgan fingerprint density at radius 2 is 1.94 bits per heavy atom. The number of nitrogens with one attached hydrogen (secondary N) is 1. The lowest BCUT2D eigenvalue weighted by atomic mass is 10.3. The molecular weight excluding hydrogens is 273 g/mol. The first kappa shape index (κ1) is 15.6. The van der Waals surface area contributed by atoms with E-state index in [-0.39, 0.29) is 12.4 Å². The molecule has 0 unspecified atom stereocenters. The van der Waals surface area contributed by atoms with Crippen LogP contribution in [0.1, 0.15) is 6.42 Å². The van der Waals surface area contributed by atoms with Crippen molar-refractivity contribution < 1.29 is 26.8 Å². The first-order valence-corrected chi connectivity index (χ1v) is 6.53. The zero-order valence-corrected chi connectivity index (χ0v) is 11.8. The van der Waals surface area contributed by atoms with E-state index in [1.807, 2.05) is 24.3 Å². The zero-order valence-electron chi connectivity index (χ0n) is 10.3. The van der Waals surface area contributed by atoms with Crippen LogP contribution in [-0.4, -0.2) is 39.5 Å². The molecule has 1 aliphatic rings. The lowest BCUT2D eigenvalue weighted by Crippen LogP contribution is -3.14. The lowest BCUT2D eigenvalue weighted by molar-refractivity contribution is -0.908. The summed E-state index contributed by atoms with van der Waals surface area (Å²) in [4.78, 5) is 1.61. The van der Waals surface area contributed by atoms with Gasteiger partial charge < -0.3 is 26.8 Å². The van der Waals surface area contributed by atoms with Crippen molar-refractivity contribution in [3.63, 3.8) is 0 Å². The van der Waals surface area contributed by atoms with Crippen LogP contribution in [0.4, 0.5) is 0 Å². The number of hydrogen-bond acceptors (Lipinski definition) is 2. The summed E-state index contributed by atoms with van der Waals surface area (Å²) in [5, 5.41) is 0.686. The average Bonchev–Trinajstić information content (AvgIpc) is 2.38. The summed E-state index contributed by atoms with van der Waals surface area (Å²) >= 11 is 6.01. The van der Waals surface area contributed by atoms with Crippen LogP contribution in [-0.2, 0) is 4.74 Å². The van der Waals surface area contributed by atoms with E-state index >= 15 is 0 Å². The van der Waals surface area contributed by atoms with Crippen molar-refractivity contribution in [2.75, 3.05) is 39.5 Å². The highest BCUT2D eigenvalue weighted by Gasteiger charge is 2.12. The third-order valence-corrected chi connectivity index (χ3v) is 3.28. The second kappa shape index (κ2) is 8.59. The third-order valence-electron chi connectivity index (χ3n) is 2.97. The molecule has 0 atom stereocenters. The maximum Gasteiger partial charge on any atom is 0.137 e. The fourth-order valence-corrected chi connectivity index (χ4v) is 2.17. The molecular formula is C13H19Cl2NO2. The molecule has 1 saturated heterocycles. The molecule has 1 heterocycles. The van der Waals surface area contributed by atoms with E-state index in [0.717, 1.165) is 51.6 Å². The van der Waals surface area contributed by atoms with E-state index in [2.05, 4.69) is 0 Å². The summed E-state index contributed by atoms with van der Waals surface area (Å²) in [5.41, 5.74) is 0. The van der Waals surface area contributed by atoms with Crippen molar-refractivity contribution in [1.82, 2.24) is 0 Å². The van der Waals surface area contributed by atoms with E-state index < -0.39 is 0 Å². The van der Waals surface area contributed by atoms with Gasteiger partial charge in [0.15, 0.2) is 0 Å². The van der Waals surface area contributed by atoms with E-state index in [4.69, 9.17) is 21.1 Å². The number of benzene rings is 1. The number of ether oxygens (including phenoxy) is 2. The Kier molecular flexibility index (Phi) is 7.44. The van der Waals surface area contributed by atoms with Crippen molar-refractivity contribution in [3.8, 4) is 5.75 Å². The third kappa shape index (κ3) is 5.02. The minimum Gasteiger partial charge on any atom is -1.00 e. The fraction of sp³-hybridized carbons (Fsp3) is 0.538. The molecule has 0 aliphatic carbocycles. The topological polar surface area (TPSA) is 22.9 Å². The van der Waals surface area contributed by atoms with Crippen LogP contribution < -0.4 is 22.0 Å². The highest BCUT2D eigenvalue weighted by atomic mass is 35.5. The van der Waals surface area contributed by atoms with E-state index in [1.54, 1.807) is 4.90 Å². The highest BCUT2D eigenvalue weighted by molar-refractivity contribution is 6.32. The van der Waals surface area contributed by atoms with Gasteiger partial charge in [-0.05, 0) is 12.1 Å². The summed E-state index contributed by atoms with van der Waals surface area (Å²) in [7, 11) is 0. The van der Waals surface area contributed by atoms with Gasteiger partial charge in [0.05, 0.1) is 31.4 Å². The average molecular weight is 292 g/mol. The SMILES string of the molecule is Clc1ccccc1OCCC[NH+]1CCOCC1.[Cl-]. The highest BCUT2D eigenvalue weighted by Crippen LogP contribution is 2.22. The molecule has 0 radical (unpaired) electrons. The lowest BCUT2D eigenvalue weighted by Gasteiger charge is -2.23. The van der Waals surface area contributed by atoms with Crippen LogP contribution in [0, 0.1) is 0 Å². The summed E-state index contributed by atoms with van der Waals surface area (Å²) in [6, 6.07) is 7.61. The monoisotopic (exact) mass is 291 g/mol. The van der Waals surface area contributed by atoms with E-state index in [0.29, 0.717) is 5.02 Å². The smallest absolute Gasteiger partial charge is 0.137 e. The quantitative estimate of drug-likeness (QED) is 0.636. The number of hydrogen-bond donors (Lipinski definition) is 1. The Morgan fingerprint density at radius 1 is 1.22 bits per heavy atom. The van der Waals surface area contributed by atoms with Gasteiger partial charge in [0, 0.05) is 6.42 Å². The van der Waals surface area contributed by atoms with Crippen LogP contribution in [0.3, 0.4) is 0 Å². The largest absolute Gasteiger partial charge is 1.00 e. The van der Waals surface area contributed by atoms with Gasteiger partial charge in [0.2, 0.25) is 0 Å². The van der Waals surface area contributed by atoms with Gasteiger partial charge in [-0.15, -0.1) is 0 Å². The van der Waals surface area contributed by atoms with Crippen LogP contribution in [0.5, 0.6) is 5.75 Å². The first-order chi connectivity index (χ1) is 8.36. The number of quaternary nitrogens is 1. The summed E-state index contributed by atoms with van der Waals surface area (Å²) in [6.07, 6.45) is 1.06. The van der Waals surface area contributed by atoms with Gasteiger partial charge >= 0.3 is 0 Å². The Balaban J connectivity index is 0.00000162. The van der Waals surface area contributed by atoms with Crippen molar-refractivity contribution in [1.29, 1.82) is 0 Å². The summed E-state index contributed by atoms with van der Waals surface area (Å²) < 4.78 is 11.0. The summed E-state index contributed by atoms with van der Waals surface area (Å²) in [6.45, 7) is 5.89. The molecule has 1 N–H and O–H groups in total. The molecule has 102 valence electrons. The first-order valence-electron chi connectivity index (χ1n) is 6.15. The second-order valence-corrected chi connectivity index (χ2v) is 4.65. The molecule has 1 aromatic carbocycles. The Morgan fingerprint density at radius 3 is 2.67 bits per heavy atom. The van der Waals surface area contributed by atoms with Gasteiger partial charge in [0.25, 0.3) is 0 Å². The number of para-hydroxylation sites is 1. The number of halogens is 2. The molecule has 18 heavy (non-hydrogen) atoms. The minimum atomic E-state index is 0. The Labute approximate surface area is 119 Å². The van der Waals surface area contributed by atoms with Crippen LogP contribution in [0.25, 0.3) is 0 Å². The predicted octanol–water partition coefficient (Wildman–Crippen LogP) is -1.97. The van der Waals surface area contributed by atoms with Crippen molar-refractivity contribution in [3.05, 3.63) is 29.3 Å². The van der Waals surface area contributed by atoms with Gasteiger partial charge in [-0.2, -0.15) is 0 Å². The molecule has 0 spiro atoms. The summed E-state index contributed by atoms with van der Waals surface area (Å²) in [5.74, 6) is 0.783. The number of rotatable bonds is 5. The molecule has 0 saturated carbocycles. The maximum absolute atomic E-state index is 6.01. The van der Waals surface area contributed by atoms with Crippen LogP contribution in [0.15, 0.2) is 24.3 Å². The minimum absolute atomic E-state index is 0. The molecule has 0 amide bonds. The second-order valence-electron chi connectivity index (χ2n) is 4.24. The fourth-order valence-electron chi connectivity index (χ4n) is 1.98. The van der Waals surface area contributed by atoms with Crippen molar-refractivity contribution in [2.24, 2.45) is 0 Å². The maximum atomic E-state index is 6.01. The van der Waals surface area contributed by atoms with Crippen LogP contribution >= 0.6 is 11.6 Å². The number of morpholine rings is 1. The Bertz CT molecular complexity index is 344. The van der Waals surface area contributed by atoms with Gasteiger partial charge in [0.1, 0.15) is 18.8 Å². The van der Waals surface area contributed by atoms with Crippen LogP contribution in [0.2, 0.25) is 5.02 Å². The zero-order chi connectivity index (χ0) is 11.9. The standard InChI is InChI=1S/C13H18ClNO2.ClH/c14-12-4-1-2-5-13(12)17-9-3-6-15-7-10-16-11-8-15;/h1-2,4-5H,3,6-11H2;1H. The van der Waals surface area contributed by atoms with Gasteiger partial charge in [-0.1, -0.05) is 23.7 Å². The molecule has 2 rings (SSSR count). The molecule has 0 bridgehead atoms. The molecule has 1 fully saturated rings. The predicted molar refractivity (Wildman–Crippen MR) is 67.9 cm³/mol. The molecule has 3 nitrogen and oxygen atoms in total. The van der Waals surface area contributed by atoms with Gasteiger partial charge in [-0.25, -0.2) is 0 Å². The molecule has 5 heteroatoms.